The highest BCUT2D eigenvalue weighted by Gasteiger charge is 2.47. The van der Waals surface area contributed by atoms with Crippen LogP contribution in [0.5, 0.6) is 0 Å². The predicted molar refractivity (Wildman–Crippen MR) is 124 cm³/mol. The number of hydrogen-bond acceptors (Lipinski definition) is 8. The van der Waals surface area contributed by atoms with Crippen LogP contribution in [0.2, 0.25) is 0 Å². The maximum Gasteiger partial charge on any atom is 0.337 e. The van der Waals surface area contributed by atoms with Crippen LogP contribution in [-0.4, -0.2) is 35.9 Å². The molecule has 1 aromatic carbocycles. The number of hydrogen-bond donors (Lipinski definition) is 1. The minimum absolute atomic E-state index is 0.119. The van der Waals surface area contributed by atoms with Crippen molar-refractivity contribution in [3.05, 3.63) is 62.0 Å². The highest BCUT2D eigenvalue weighted by atomic mass is 16.6. The Balaban J connectivity index is 2.23. The van der Waals surface area contributed by atoms with Gasteiger partial charge >= 0.3 is 11.9 Å². The Morgan fingerprint density at radius 1 is 1.29 bits per heavy atom. The van der Waals surface area contributed by atoms with Crippen LogP contribution in [0.3, 0.4) is 0 Å². The summed E-state index contributed by atoms with van der Waals surface area (Å²) >= 11 is 0. The van der Waals surface area contributed by atoms with E-state index in [1.165, 1.54) is 13.2 Å². The van der Waals surface area contributed by atoms with E-state index in [0.29, 0.717) is 35.4 Å². The molecule has 4 atom stereocenters. The van der Waals surface area contributed by atoms with E-state index in [1.54, 1.807) is 39.8 Å². The van der Waals surface area contributed by atoms with Gasteiger partial charge in [-0.3, -0.25) is 19.7 Å². The van der Waals surface area contributed by atoms with Gasteiger partial charge in [0, 0.05) is 34.5 Å². The average Bonchev–Trinajstić information content (AvgIpc) is 2.77. The Labute approximate surface area is 198 Å². The van der Waals surface area contributed by atoms with Crippen molar-refractivity contribution in [1.82, 2.24) is 5.32 Å². The van der Waals surface area contributed by atoms with E-state index in [9.17, 15) is 24.5 Å². The van der Waals surface area contributed by atoms with Crippen LogP contribution in [0.15, 0.2) is 40.7 Å². The second-order valence-electron chi connectivity index (χ2n) is 8.96. The maximum absolute atomic E-state index is 13.7. The number of ketones is 1. The normalized spacial score (nSPS) is 23.1. The number of nitro benzene ring substituents is 1. The fourth-order valence-electron chi connectivity index (χ4n) is 4.62. The van der Waals surface area contributed by atoms with E-state index >= 15 is 0 Å². The number of nitro groups is 1. The first-order chi connectivity index (χ1) is 16.0. The number of nitrogens with zero attached hydrogens (tertiary/aromatic N) is 1. The lowest BCUT2D eigenvalue weighted by Gasteiger charge is -2.38. The van der Waals surface area contributed by atoms with Crippen molar-refractivity contribution < 1.29 is 28.8 Å². The van der Waals surface area contributed by atoms with Gasteiger partial charge < -0.3 is 14.8 Å². The summed E-state index contributed by atoms with van der Waals surface area (Å²) in [5.41, 5.74) is 2.30. The standard InChI is InChI=1S/C25H30N2O7/c1-7-14(4)34-25(30)20-15(5)26-17-10-13(3)19(24(29)33-6)23(28)22(17)21(20)16-9-8-12(2)18(11-16)27(31)32/h8-9,11,13-14,19,21,26H,7,10H2,1-6H3. The summed E-state index contributed by atoms with van der Waals surface area (Å²) in [7, 11) is 1.23. The highest BCUT2D eigenvalue weighted by molar-refractivity contribution is 6.12. The molecule has 2 aliphatic rings. The second-order valence-corrected chi connectivity index (χ2v) is 8.96. The third-order valence-electron chi connectivity index (χ3n) is 6.61. The van der Waals surface area contributed by atoms with Gasteiger partial charge in [0.25, 0.3) is 5.69 Å². The number of ether oxygens (including phenoxy) is 2. The van der Waals surface area contributed by atoms with Crippen LogP contribution < -0.4 is 5.32 Å². The number of methoxy groups -OCH3 is 1. The molecule has 1 heterocycles. The third kappa shape index (κ3) is 4.47. The number of Topliss-reactive ketones (excluding diaryl/α,β-unsaturated/α-hetero) is 1. The monoisotopic (exact) mass is 470 g/mol. The summed E-state index contributed by atoms with van der Waals surface area (Å²) in [4.78, 5) is 50.6. The summed E-state index contributed by atoms with van der Waals surface area (Å²) in [6.45, 7) is 8.78. The zero-order valence-corrected chi connectivity index (χ0v) is 20.3. The number of benzene rings is 1. The predicted octanol–water partition coefficient (Wildman–Crippen LogP) is 3.86. The van der Waals surface area contributed by atoms with Gasteiger partial charge in [-0.05, 0) is 45.1 Å². The first-order valence-electron chi connectivity index (χ1n) is 11.3. The lowest BCUT2D eigenvalue weighted by Crippen LogP contribution is -2.43. The lowest BCUT2D eigenvalue weighted by atomic mass is 9.69. The minimum Gasteiger partial charge on any atom is -0.468 e. The molecule has 0 saturated carbocycles. The van der Waals surface area contributed by atoms with Crippen molar-refractivity contribution in [2.24, 2.45) is 11.8 Å². The molecule has 3 rings (SSSR count). The Hall–Kier alpha value is -3.49. The van der Waals surface area contributed by atoms with Gasteiger partial charge in [-0.1, -0.05) is 26.0 Å². The van der Waals surface area contributed by atoms with Crippen molar-refractivity contribution in [3.63, 3.8) is 0 Å². The first-order valence-corrected chi connectivity index (χ1v) is 11.3. The van der Waals surface area contributed by atoms with Gasteiger partial charge in [0.1, 0.15) is 5.92 Å². The molecule has 9 heteroatoms. The molecule has 0 bridgehead atoms. The Morgan fingerprint density at radius 2 is 1.97 bits per heavy atom. The Kier molecular flexibility index (Phi) is 7.24. The number of allylic oxidation sites excluding steroid dienone is 3. The van der Waals surface area contributed by atoms with Crippen LogP contribution in [0.1, 0.15) is 57.6 Å². The fraction of sp³-hybridized carbons (Fsp3) is 0.480. The summed E-state index contributed by atoms with van der Waals surface area (Å²) in [5, 5.41) is 14.8. The number of esters is 2. The average molecular weight is 471 g/mol. The smallest absolute Gasteiger partial charge is 0.337 e. The molecule has 1 aliphatic carbocycles. The molecule has 182 valence electrons. The zero-order valence-electron chi connectivity index (χ0n) is 20.3. The summed E-state index contributed by atoms with van der Waals surface area (Å²) in [6.07, 6.45) is 0.623. The van der Waals surface area contributed by atoms with Crippen molar-refractivity contribution in [3.8, 4) is 0 Å². The largest absolute Gasteiger partial charge is 0.468 e. The molecule has 9 nitrogen and oxygen atoms in total. The highest BCUT2D eigenvalue weighted by Crippen LogP contribution is 2.46. The van der Waals surface area contributed by atoms with E-state index in [-0.39, 0.29) is 28.9 Å². The van der Waals surface area contributed by atoms with Crippen molar-refractivity contribution >= 4 is 23.4 Å². The van der Waals surface area contributed by atoms with E-state index in [1.807, 2.05) is 6.92 Å². The number of rotatable bonds is 6. The van der Waals surface area contributed by atoms with Crippen LogP contribution in [0.4, 0.5) is 5.69 Å². The van der Waals surface area contributed by atoms with Crippen LogP contribution in [-0.2, 0) is 23.9 Å². The van der Waals surface area contributed by atoms with Crippen molar-refractivity contribution in [1.29, 1.82) is 0 Å². The summed E-state index contributed by atoms with van der Waals surface area (Å²) in [6, 6.07) is 4.65. The Bertz CT molecular complexity index is 1120. The van der Waals surface area contributed by atoms with Gasteiger partial charge in [-0.25, -0.2) is 4.79 Å². The minimum atomic E-state index is -1.03. The molecule has 1 N–H and O–H groups in total. The molecule has 1 aliphatic heterocycles. The van der Waals surface area contributed by atoms with Gasteiger partial charge in [-0.15, -0.1) is 0 Å². The molecule has 0 fully saturated rings. The second kappa shape index (κ2) is 9.79. The number of nitrogens with one attached hydrogen (secondary N) is 1. The molecule has 4 unspecified atom stereocenters. The molecule has 0 amide bonds. The van der Waals surface area contributed by atoms with Gasteiger partial charge in [0.05, 0.1) is 23.7 Å². The van der Waals surface area contributed by atoms with Crippen LogP contribution >= 0.6 is 0 Å². The molecular weight excluding hydrogens is 440 g/mol. The molecule has 0 spiro atoms. The zero-order chi connectivity index (χ0) is 25.3. The number of dihydropyridines is 1. The number of carbonyl (C=O) groups is 3. The molecule has 0 saturated heterocycles. The number of carbonyl (C=O) groups excluding carboxylic acids is 3. The third-order valence-corrected chi connectivity index (χ3v) is 6.61. The van der Waals surface area contributed by atoms with Crippen molar-refractivity contribution in [2.75, 3.05) is 7.11 Å². The van der Waals surface area contributed by atoms with Crippen LogP contribution in [0, 0.1) is 28.9 Å². The SMILES string of the molecule is CCC(C)OC(=O)C1=C(C)NC2=C(C(=O)C(C(=O)OC)C(C)C2)C1c1ccc(C)c([N+](=O)[O-])c1. The molecular formula is C25H30N2O7. The topological polar surface area (TPSA) is 125 Å². The molecule has 0 aromatic heterocycles. The van der Waals surface area contributed by atoms with E-state index < -0.39 is 34.5 Å². The van der Waals surface area contributed by atoms with Gasteiger partial charge in [-0.2, -0.15) is 0 Å². The molecule has 0 radical (unpaired) electrons. The summed E-state index contributed by atoms with van der Waals surface area (Å²) in [5.74, 6) is -3.98. The van der Waals surface area contributed by atoms with Crippen LogP contribution in [0.25, 0.3) is 0 Å². The van der Waals surface area contributed by atoms with E-state index in [0.717, 1.165) is 0 Å². The fourth-order valence-corrected chi connectivity index (χ4v) is 4.62. The van der Waals surface area contributed by atoms with Crippen molar-refractivity contribution in [2.45, 2.75) is 59.5 Å². The summed E-state index contributed by atoms with van der Waals surface area (Å²) < 4.78 is 10.5. The van der Waals surface area contributed by atoms with Gasteiger partial charge in [0.15, 0.2) is 5.78 Å². The quantitative estimate of drug-likeness (QED) is 0.288. The first kappa shape index (κ1) is 25.1. The molecule has 34 heavy (non-hydrogen) atoms. The molecule has 1 aromatic rings. The maximum atomic E-state index is 13.7. The lowest BCUT2D eigenvalue weighted by molar-refractivity contribution is -0.385. The van der Waals surface area contributed by atoms with E-state index in [4.69, 9.17) is 9.47 Å². The van der Waals surface area contributed by atoms with E-state index in [2.05, 4.69) is 5.32 Å². The number of aryl methyl sites for hydroxylation is 1. The van der Waals surface area contributed by atoms with Gasteiger partial charge in [0.2, 0.25) is 0 Å². The Morgan fingerprint density at radius 3 is 2.56 bits per heavy atom.